The van der Waals surface area contributed by atoms with Crippen molar-refractivity contribution in [2.24, 2.45) is 0 Å². The number of nitrogens with zero attached hydrogens (tertiary/aromatic N) is 2. The van der Waals surface area contributed by atoms with E-state index in [2.05, 4.69) is 15.5 Å². The van der Waals surface area contributed by atoms with E-state index in [9.17, 15) is 4.79 Å². The number of hydrogen-bond acceptors (Lipinski definition) is 5. The van der Waals surface area contributed by atoms with Crippen LogP contribution >= 0.6 is 11.6 Å². The standard InChI is InChI=1S/C18H16ClN3O3/c1-11(20-17(23)12-6-5-7-13(19)10-12)18-21-16(22-25-18)14-8-3-4-9-15(14)24-2/h3-11H,1-2H3,(H,20,23)/t11-/m1/s1. The van der Waals surface area contributed by atoms with Crippen molar-refractivity contribution in [2.45, 2.75) is 13.0 Å². The molecule has 0 saturated heterocycles. The molecule has 0 unspecified atom stereocenters. The number of aromatic nitrogens is 2. The van der Waals surface area contributed by atoms with E-state index in [4.69, 9.17) is 20.9 Å². The molecular weight excluding hydrogens is 342 g/mol. The van der Waals surface area contributed by atoms with Crippen LogP contribution in [0.15, 0.2) is 53.1 Å². The Bertz CT molecular complexity index is 895. The second kappa shape index (κ2) is 7.36. The van der Waals surface area contributed by atoms with E-state index in [1.54, 1.807) is 38.3 Å². The van der Waals surface area contributed by atoms with E-state index in [1.165, 1.54) is 0 Å². The maximum absolute atomic E-state index is 12.3. The molecular formula is C18H16ClN3O3. The van der Waals surface area contributed by atoms with Gasteiger partial charge in [-0.3, -0.25) is 4.79 Å². The van der Waals surface area contributed by atoms with Crippen molar-refractivity contribution in [1.82, 2.24) is 15.5 Å². The number of hydrogen-bond donors (Lipinski definition) is 1. The third-order valence-electron chi connectivity index (χ3n) is 3.59. The summed E-state index contributed by atoms with van der Waals surface area (Å²) in [7, 11) is 1.58. The van der Waals surface area contributed by atoms with Crippen LogP contribution in [0.1, 0.15) is 29.2 Å². The van der Waals surface area contributed by atoms with E-state index in [0.29, 0.717) is 33.6 Å². The Morgan fingerprint density at radius 3 is 2.80 bits per heavy atom. The number of methoxy groups -OCH3 is 1. The summed E-state index contributed by atoms with van der Waals surface area (Å²) in [5, 5.41) is 7.28. The van der Waals surface area contributed by atoms with Gasteiger partial charge in [0.1, 0.15) is 11.8 Å². The van der Waals surface area contributed by atoms with Crippen LogP contribution in [0, 0.1) is 0 Å². The van der Waals surface area contributed by atoms with Crippen molar-refractivity contribution in [3.05, 3.63) is 65.0 Å². The van der Waals surface area contributed by atoms with Crippen molar-refractivity contribution in [1.29, 1.82) is 0 Å². The lowest BCUT2D eigenvalue weighted by Crippen LogP contribution is -2.26. The maximum Gasteiger partial charge on any atom is 0.251 e. The lowest BCUT2D eigenvalue weighted by Gasteiger charge is -2.09. The number of amides is 1. The molecule has 6 nitrogen and oxygen atoms in total. The van der Waals surface area contributed by atoms with Gasteiger partial charge in [0.05, 0.1) is 12.7 Å². The molecule has 0 fully saturated rings. The molecule has 7 heteroatoms. The summed E-state index contributed by atoms with van der Waals surface area (Å²) in [6.45, 7) is 1.77. The van der Waals surface area contributed by atoms with Crippen molar-refractivity contribution < 1.29 is 14.1 Å². The van der Waals surface area contributed by atoms with Crippen LogP contribution in [0.2, 0.25) is 5.02 Å². The predicted octanol–water partition coefficient (Wildman–Crippen LogP) is 3.89. The first-order chi connectivity index (χ1) is 12.1. The van der Waals surface area contributed by atoms with Gasteiger partial charge >= 0.3 is 0 Å². The fraction of sp³-hybridized carbons (Fsp3) is 0.167. The average Bonchev–Trinajstić information content (AvgIpc) is 3.11. The number of nitrogens with one attached hydrogen (secondary N) is 1. The number of carbonyl (C=O) groups excluding carboxylic acids is 1. The maximum atomic E-state index is 12.3. The zero-order valence-corrected chi connectivity index (χ0v) is 14.4. The van der Waals surface area contributed by atoms with Crippen LogP contribution < -0.4 is 10.1 Å². The van der Waals surface area contributed by atoms with Gasteiger partial charge < -0.3 is 14.6 Å². The van der Waals surface area contributed by atoms with Gasteiger partial charge in [0.25, 0.3) is 5.91 Å². The van der Waals surface area contributed by atoms with E-state index in [1.807, 2.05) is 24.3 Å². The Balaban J connectivity index is 1.77. The Hall–Kier alpha value is -2.86. The molecule has 0 saturated carbocycles. The van der Waals surface area contributed by atoms with Crippen molar-refractivity contribution in [3.8, 4) is 17.1 Å². The number of ether oxygens (including phenoxy) is 1. The molecule has 1 atom stereocenters. The summed E-state index contributed by atoms with van der Waals surface area (Å²) in [5.74, 6) is 1.07. The van der Waals surface area contributed by atoms with Crippen LogP contribution in [0.5, 0.6) is 5.75 Å². The Morgan fingerprint density at radius 2 is 2.04 bits per heavy atom. The van der Waals surface area contributed by atoms with Crippen LogP contribution in [0.3, 0.4) is 0 Å². The molecule has 0 spiro atoms. The minimum atomic E-state index is -0.456. The third kappa shape index (κ3) is 3.80. The normalized spacial score (nSPS) is 11.8. The Morgan fingerprint density at radius 1 is 1.24 bits per heavy atom. The van der Waals surface area contributed by atoms with Gasteiger partial charge in [-0.2, -0.15) is 4.98 Å². The van der Waals surface area contributed by atoms with Crippen LogP contribution in [-0.4, -0.2) is 23.2 Å². The largest absolute Gasteiger partial charge is 0.496 e. The summed E-state index contributed by atoms with van der Waals surface area (Å²) in [6, 6.07) is 13.6. The number of halogens is 1. The molecule has 25 heavy (non-hydrogen) atoms. The van der Waals surface area contributed by atoms with Gasteiger partial charge in [-0.15, -0.1) is 0 Å². The molecule has 128 valence electrons. The van der Waals surface area contributed by atoms with Gasteiger partial charge in [0.2, 0.25) is 11.7 Å². The summed E-state index contributed by atoms with van der Waals surface area (Å²) in [6.07, 6.45) is 0. The highest BCUT2D eigenvalue weighted by atomic mass is 35.5. The molecule has 0 bridgehead atoms. The van der Waals surface area contributed by atoms with E-state index >= 15 is 0 Å². The molecule has 0 aliphatic rings. The molecule has 0 aliphatic carbocycles. The molecule has 3 aromatic rings. The highest BCUT2D eigenvalue weighted by Gasteiger charge is 2.19. The first kappa shape index (κ1) is 17.0. The third-order valence-corrected chi connectivity index (χ3v) is 3.83. The zero-order valence-electron chi connectivity index (χ0n) is 13.7. The highest BCUT2D eigenvalue weighted by molar-refractivity contribution is 6.30. The lowest BCUT2D eigenvalue weighted by molar-refractivity contribution is 0.0932. The number of carbonyl (C=O) groups is 1. The monoisotopic (exact) mass is 357 g/mol. The highest BCUT2D eigenvalue weighted by Crippen LogP contribution is 2.28. The molecule has 1 aromatic heterocycles. The SMILES string of the molecule is COc1ccccc1-c1noc([C@@H](C)NC(=O)c2cccc(Cl)c2)n1. The summed E-state index contributed by atoms with van der Waals surface area (Å²) in [4.78, 5) is 16.6. The topological polar surface area (TPSA) is 77.3 Å². The minimum absolute atomic E-state index is 0.271. The van der Waals surface area contributed by atoms with Crippen molar-refractivity contribution in [2.75, 3.05) is 7.11 Å². The van der Waals surface area contributed by atoms with Gasteiger partial charge in [0.15, 0.2) is 0 Å². The number of para-hydroxylation sites is 1. The number of rotatable bonds is 5. The van der Waals surface area contributed by atoms with Gasteiger partial charge in [-0.05, 0) is 37.3 Å². The molecule has 2 aromatic carbocycles. The average molecular weight is 358 g/mol. The minimum Gasteiger partial charge on any atom is -0.496 e. The van der Waals surface area contributed by atoms with Crippen LogP contribution in [0.25, 0.3) is 11.4 Å². The molecule has 1 N–H and O–H groups in total. The first-order valence-electron chi connectivity index (χ1n) is 7.62. The molecule has 1 amide bonds. The molecule has 3 rings (SSSR count). The van der Waals surface area contributed by atoms with Crippen LogP contribution in [0.4, 0.5) is 0 Å². The predicted molar refractivity (Wildman–Crippen MR) is 93.6 cm³/mol. The summed E-state index contributed by atoms with van der Waals surface area (Å²) < 4.78 is 10.6. The Labute approximate surface area is 149 Å². The summed E-state index contributed by atoms with van der Waals surface area (Å²) >= 11 is 5.91. The fourth-order valence-corrected chi connectivity index (χ4v) is 2.51. The zero-order chi connectivity index (χ0) is 17.8. The fourth-order valence-electron chi connectivity index (χ4n) is 2.32. The summed E-state index contributed by atoms with van der Waals surface area (Å²) in [5.41, 5.74) is 1.18. The van der Waals surface area contributed by atoms with E-state index in [-0.39, 0.29) is 5.91 Å². The van der Waals surface area contributed by atoms with Crippen molar-refractivity contribution >= 4 is 17.5 Å². The molecule has 1 heterocycles. The van der Waals surface area contributed by atoms with Gasteiger partial charge in [-0.1, -0.05) is 35.0 Å². The number of benzene rings is 2. The molecule has 0 radical (unpaired) electrons. The van der Waals surface area contributed by atoms with Gasteiger partial charge in [-0.25, -0.2) is 0 Å². The van der Waals surface area contributed by atoms with Crippen molar-refractivity contribution in [3.63, 3.8) is 0 Å². The van der Waals surface area contributed by atoms with E-state index in [0.717, 1.165) is 0 Å². The first-order valence-corrected chi connectivity index (χ1v) is 7.99. The Kier molecular flexibility index (Phi) is 5.00. The van der Waals surface area contributed by atoms with Gasteiger partial charge in [0, 0.05) is 10.6 Å². The van der Waals surface area contributed by atoms with Crippen LogP contribution in [-0.2, 0) is 0 Å². The second-order valence-corrected chi connectivity index (χ2v) is 5.80. The lowest BCUT2D eigenvalue weighted by atomic mass is 10.2. The quantitative estimate of drug-likeness (QED) is 0.749. The second-order valence-electron chi connectivity index (χ2n) is 5.36. The molecule has 0 aliphatic heterocycles. The smallest absolute Gasteiger partial charge is 0.251 e. The van der Waals surface area contributed by atoms with E-state index < -0.39 is 6.04 Å².